The average molecular weight is 253 g/mol. The van der Waals surface area contributed by atoms with Crippen molar-refractivity contribution >= 4 is 11.9 Å². The van der Waals surface area contributed by atoms with Crippen LogP contribution in [0.25, 0.3) is 0 Å². The summed E-state index contributed by atoms with van der Waals surface area (Å²) in [6.07, 6.45) is -0.315. The van der Waals surface area contributed by atoms with Gasteiger partial charge in [0.1, 0.15) is 6.10 Å². The van der Waals surface area contributed by atoms with E-state index < -0.39 is 12.0 Å². The van der Waals surface area contributed by atoms with E-state index in [2.05, 4.69) is 5.32 Å². The van der Waals surface area contributed by atoms with E-state index >= 15 is 0 Å². The van der Waals surface area contributed by atoms with Crippen LogP contribution in [0.3, 0.4) is 0 Å². The predicted molar refractivity (Wildman–Crippen MR) is 62.4 cm³/mol. The number of carbonyl (C=O) groups is 2. The highest BCUT2D eigenvalue weighted by Gasteiger charge is 2.68. The fourth-order valence-electron chi connectivity index (χ4n) is 3.83. The second kappa shape index (κ2) is 3.47. The topological polar surface area (TPSA) is 75.6 Å². The zero-order valence-electron chi connectivity index (χ0n) is 10.8. The Kier molecular flexibility index (Phi) is 2.31. The summed E-state index contributed by atoms with van der Waals surface area (Å²) in [5.74, 6) is -1.29. The third kappa shape index (κ3) is 1.49. The lowest BCUT2D eigenvalue weighted by atomic mass is 9.77. The van der Waals surface area contributed by atoms with E-state index in [0.717, 1.165) is 6.42 Å². The second-order valence-electron chi connectivity index (χ2n) is 6.75. The Hall–Kier alpha value is -1.10. The number of carbonyl (C=O) groups excluding carboxylic acids is 2. The lowest BCUT2D eigenvalue weighted by Gasteiger charge is -2.30. The zero-order chi connectivity index (χ0) is 13.2. The lowest BCUT2D eigenvalue weighted by molar-refractivity contribution is -0.147. The number of esters is 1. The van der Waals surface area contributed by atoms with E-state index in [1.165, 1.54) is 0 Å². The Morgan fingerprint density at radius 2 is 2.06 bits per heavy atom. The number of amides is 1. The molecular weight excluding hydrogens is 234 g/mol. The normalized spacial score (nSPS) is 45.2. The molecule has 6 atom stereocenters. The van der Waals surface area contributed by atoms with E-state index in [-0.39, 0.29) is 41.3 Å². The van der Waals surface area contributed by atoms with Gasteiger partial charge >= 0.3 is 5.97 Å². The summed E-state index contributed by atoms with van der Waals surface area (Å²) in [7, 11) is 0. The monoisotopic (exact) mass is 253 g/mol. The molecule has 0 aromatic rings. The fourth-order valence-corrected chi connectivity index (χ4v) is 3.83. The van der Waals surface area contributed by atoms with Crippen LogP contribution in [0.5, 0.6) is 0 Å². The molecule has 1 saturated heterocycles. The quantitative estimate of drug-likeness (QED) is 0.648. The molecule has 1 aliphatic heterocycles. The smallest absolute Gasteiger partial charge is 0.310 e. The van der Waals surface area contributed by atoms with Crippen LogP contribution in [-0.4, -0.2) is 34.7 Å². The van der Waals surface area contributed by atoms with Crippen LogP contribution in [0.2, 0.25) is 0 Å². The molecule has 2 bridgehead atoms. The van der Waals surface area contributed by atoms with Crippen molar-refractivity contribution < 1.29 is 19.4 Å². The molecule has 2 aliphatic carbocycles. The van der Waals surface area contributed by atoms with Crippen molar-refractivity contribution in [1.82, 2.24) is 5.32 Å². The standard InChI is InChI=1S/C13H19NO4/c1-13(2,3)14-11(16)7-5-4-6-8(7)12(17)18-10(6)9(5)15/h5-10,15H,4H2,1-3H3,(H,14,16)/t5-,6-,7-,8+,9-,10+/m1/s1. The van der Waals surface area contributed by atoms with Crippen LogP contribution in [-0.2, 0) is 14.3 Å². The Balaban J connectivity index is 1.85. The molecule has 2 N–H and O–H groups in total. The number of hydrogen-bond acceptors (Lipinski definition) is 4. The summed E-state index contributed by atoms with van der Waals surface area (Å²) in [6.45, 7) is 5.72. The van der Waals surface area contributed by atoms with Crippen molar-refractivity contribution in [2.75, 3.05) is 0 Å². The molecule has 0 unspecified atom stereocenters. The van der Waals surface area contributed by atoms with Crippen molar-refractivity contribution in [1.29, 1.82) is 0 Å². The minimum absolute atomic E-state index is 0.0354. The molecule has 3 aliphatic rings. The number of hydrogen-bond donors (Lipinski definition) is 2. The maximum absolute atomic E-state index is 12.3. The van der Waals surface area contributed by atoms with Crippen LogP contribution >= 0.6 is 0 Å². The first-order valence-electron chi connectivity index (χ1n) is 6.50. The Labute approximate surface area is 106 Å². The molecule has 0 aromatic carbocycles. The lowest BCUT2D eigenvalue weighted by Crippen LogP contribution is -2.50. The van der Waals surface area contributed by atoms with Crippen LogP contribution in [0, 0.1) is 23.7 Å². The largest absolute Gasteiger partial charge is 0.459 e. The minimum Gasteiger partial charge on any atom is -0.459 e. The van der Waals surface area contributed by atoms with Gasteiger partial charge in [-0.2, -0.15) is 0 Å². The van der Waals surface area contributed by atoms with E-state index in [1.54, 1.807) is 0 Å². The Morgan fingerprint density at radius 3 is 2.67 bits per heavy atom. The zero-order valence-corrected chi connectivity index (χ0v) is 10.8. The number of ether oxygens (including phenoxy) is 1. The number of fused-ring (bicyclic) bond motifs is 1. The number of aliphatic hydroxyl groups is 1. The predicted octanol–water partition coefficient (Wildman–Crippen LogP) is 0.0695. The molecule has 3 rings (SSSR count). The molecule has 0 spiro atoms. The maximum atomic E-state index is 12.3. The Morgan fingerprint density at radius 1 is 1.39 bits per heavy atom. The van der Waals surface area contributed by atoms with E-state index in [9.17, 15) is 14.7 Å². The van der Waals surface area contributed by atoms with Gasteiger partial charge < -0.3 is 15.2 Å². The summed E-state index contributed by atoms with van der Waals surface area (Å²) in [5.41, 5.74) is -0.328. The molecule has 5 nitrogen and oxygen atoms in total. The highest BCUT2D eigenvalue weighted by Crippen LogP contribution is 2.57. The highest BCUT2D eigenvalue weighted by atomic mass is 16.6. The number of rotatable bonds is 1. The van der Waals surface area contributed by atoms with Gasteiger partial charge in [0.15, 0.2) is 0 Å². The van der Waals surface area contributed by atoms with Gasteiger partial charge in [0.2, 0.25) is 5.91 Å². The Bertz CT molecular complexity index is 414. The molecule has 18 heavy (non-hydrogen) atoms. The number of aliphatic hydroxyl groups excluding tert-OH is 1. The first-order valence-corrected chi connectivity index (χ1v) is 6.50. The fraction of sp³-hybridized carbons (Fsp3) is 0.846. The van der Waals surface area contributed by atoms with Gasteiger partial charge in [0.25, 0.3) is 0 Å². The summed E-state index contributed by atoms with van der Waals surface area (Å²) in [4.78, 5) is 24.1. The molecule has 1 heterocycles. The van der Waals surface area contributed by atoms with Crippen molar-refractivity contribution in [2.45, 2.75) is 44.9 Å². The van der Waals surface area contributed by atoms with Gasteiger partial charge in [-0.25, -0.2) is 0 Å². The SMILES string of the molecule is CC(C)(C)NC(=O)[C@@H]1[C@H]2C[C@H]3[C@H](OC(=O)[C@@H]31)[C@@H]2O. The summed E-state index contributed by atoms with van der Waals surface area (Å²) in [6, 6.07) is 0. The van der Waals surface area contributed by atoms with Gasteiger partial charge in [-0.05, 0) is 27.2 Å². The maximum Gasteiger partial charge on any atom is 0.310 e. The van der Waals surface area contributed by atoms with Crippen molar-refractivity contribution in [2.24, 2.45) is 23.7 Å². The minimum atomic E-state index is -0.673. The van der Waals surface area contributed by atoms with Gasteiger partial charge in [0.05, 0.1) is 17.9 Å². The van der Waals surface area contributed by atoms with Gasteiger partial charge in [-0.1, -0.05) is 0 Å². The van der Waals surface area contributed by atoms with Crippen LogP contribution < -0.4 is 5.32 Å². The third-order valence-electron chi connectivity index (χ3n) is 4.38. The van der Waals surface area contributed by atoms with E-state index in [0.29, 0.717) is 0 Å². The van der Waals surface area contributed by atoms with Crippen molar-refractivity contribution in [3.8, 4) is 0 Å². The highest BCUT2D eigenvalue weighted by molar-refractivity contribution is 5.89. The van der Waals surface area contributed by atoms with Crippen molar-refractivity contribution in [3.63, 3.8) is 0 Å². The molecule has 0 aromatic heterocycles. The first-order chi connectivity index (χ1) is 8.29. The first kappa shape index (κ1) is 12.0. The van der Waals surface area contributed by atoms with Gasteiger partial charge in [-0.3, -0.25) is 9.59 Å². The average Bonchev–Trinajstić information content (AvgIpc) is 2.78. The van der Waals surface area contributed by atoms with E-state index in [1.807, 2.05) is 20.8 Å². The van der Waals surface area contributed by atoms with Gasteiger partial charge in [0, 0.05) is 17.4 Å². The van der Waals surface area contributed by atoms with E-state index in [4.69, 9.17) is 4.74 Å². The summed E-state index contributed by atoms with van der Waals surface area (Å²) in [5, 5.41) is 13.0. The molecule has 0 radical (unpaired) electrons. The number of nitrogens with one attached hydrogen (secondary N) is 1. The van der Waals surface area contributed by atoms with Gasteiger partial charge in [-0.15, -0.1) is 0 Å². The summed E-state index contributed by atoms with van der Waals surface area (Å²) < 4.78 is 5.19. The molecule has 3 fully saturated rings. The third-order valence-corrected chi connectivity index (χ3v) is 4.38. The van der Waals surface area contributed by atoms with Crippen LogP contribution in [0.15, 0.2) is 0 Å². The molecule has 5 heteroatoms. The molecule has 100 valence electrons. The van der Waals surface area contributed by atoms with Crippen LogP contribution in [0.1, 0.15) is 27.2 Å². The molecule has 1 amide bonds. The second-order valence-corrected chi connectivity index (χ2v) is 6.75. The molecule has 2 saturated carbocycles. The molecular formula is C13H19NO4. The summed E-state index contributed by atoms with van der Waals surface area (Å²) >= 11 is 0. The van der Waals surface area contributed by atoms with Crippen LogP contribution in [0.4, 0.5) is 0 Å². The van der Waals surface area contributed by atoms with Crippen molar-refractivity contribution in [3.05, 3.63) is 0 Å².